The highest BCUT2D eigenvalue weighted by Crippen LogP contribution is 2.26. The fraction of sp³-hybridized carbons (Fsp3) is 0.333. The summed E-state index contributed by atoms with van der Waals surface area (Å²) in [4.78, 5) is 24.0. The maximum absolute atomic E-state index is 11.8. The summed E-state index contributed by atoms with van der Waals surface area (Å²) in [6.07, 6.45) is 0.345. The Labute approximate surface area is 140 Å². The smallest absolute Gasteiger partial charge is 0.410 e. The van der Waals surface area contributed by atoms with Crippen LogP contribution in [0.1, 0.15) is 6.42 Å². The molecule has 1 aliphatic heterocycles. The quantitative estimate of drug-likeness (QED) is 0.912. The molecule has 0 spiro atoms. The summed E-state index contributed by atoms with van der Waals surface area (Å²) in [5.41, 5.74) is 4.97. The van der Waals surface area contributed by atoms with Gasteiger partial charge in [-0.1, -0.05) is 36.4 Å². The molecule has 0 aliphatic carbocycles. The van der Waals surface area contributed by atoms with E-state index in [4.69, 9.17) is 15.2 Å². The van der Waals surface area contributed by atoms with Gasteiger partial charge in [-0.3, -0.25) is 4.79 Å². The molecule has 1 saturated heterocycles. The number of ether oxygens (including phenoxy) is 2. The minimum Gasteiger partial charge on any atom is -0.493 e. The minimum absolute atomic E-state index is 0.241. The topological polar surface area (TPSA) is 81.9 Å². The molecule has 2 amide bonds. The second-order valence-electron chi connectivity index (χ2n) is 5.91. The minimum atomic E-state index is -0.654. The molecule has 2 aromatic carbocycles. The first-order chi connectivity index (χ1) is 11.6. The summed E-state index contributed by atoms with van der Waals surface area (Å²) in [7, 11) is 0. The molecule has 6 heteroatoms. The van der Waals surface area contributed by atoms with Crippen LogP contribution < -0.4 is 10.5 Å². The van der Waals surface area contributed by atoms with E-state index < -0.39 is 12.0 Å². The Morgan fingerprint density at radius 3 is 2.79 bits per heavy atom. The standard InChI is InChI=1S/C18H20N2O4/c19-17(21)12-24-18(22)20-9-8-13(10-20)11-23-16-7-3-5-14-4-1-2-6-15(14)16/h1-7,13H,8-12H2,(H2,19,21). The van der Waals surface area contributed by atoms with E-state index in [1.807, 2.05) is 42.5 Å². The Morgan fingerprint density at radius 1 is 1.17 bits per heavy atom. The Morgan fingerprint density at radius 2 is 1.96 bits per heavy atom. The first kappa shape index (κ1) is 16.1. The molecule has 1 heterocycles. The molecular weight excluding hydrogens is 308 g/mol. The number of carbonyl (C=O) groups excluding carboxylic acids is 2. The lowest BCUT2D eigenvalue weighted by molar-refractivity contribution is -0.121. The Balaban J connectivity index is 1.54. The predicted molar refractivity (Wildman–Crippen MR) is 89.7 cm³/mol. The first-order valence-electron chi connectivity index (χ1n) is 7.94. The van der Waals surface area contributed by atoms with Gasteiger partial charge in [-0.15, -0.1) is 0 Å². The van der Waals surface area contributed by atoms with Crippen LogP contribution in [0.3, 0.4) is 0 Å². The second-order valence-corrected chi connectivity index (χ2v) is 5.91. The summed E-state index contributed by atoms with van der Waals surface area (Å²) < 4.78 is 10.8. The third-order valence-electron chi connectivity index (χ3n) is 4.11. The van der Waals surface area contributed by atoms with E-state index in [2.05, 4.69) is 0 Å². The normalized spacial score (nSPS) is 17.0. The molecule has 6 nitrogen and oxygen atoms in total. The Bertz CT molecular complexity index is 741. The number of carbonyl (C=O) groups is 2. The number of fused-ring (bicyclic) bond motifs is 1. The molecule has 0 saturated carbocycles. The van der Waals surface area contributed by atoms with Crippen molar-refractivity contribution in [2.45, 2.75) is 6.42 Å². The number of hydrogen-bond donors (Lipinski definition) is 1. The van der Waals surface area contributed by atoms with E-state index in [9.17, 15) is 9.59 Å². The summed E-state index contributed by atoms with van der Waals surface area (Å²) >= 11 is 0. The van der Waals surface area contributed by atoms with Crippen molar-refractivity contribution in [3.05, 3.63) is 42.5 Å². The third kappa shape index (κ3) is 3.76. The van der Waals surface area contributed by atoms with Gasteiger partial charge < -0.3 is 20.1 Å². The van der Waals surface area contributed by atoms with E-state index in [-0.39, 0.29) is 12.5 Å². The third-order valence-corrected chi connectivity index (χ3v) is 4.11. The summed E-state index contributed by atoms with van der Waals surface area (Å²) in [6.45, 7) is 1.31. The SMILES string of the molecule is NC(=O)COC(=O)N1CCC(COc2cccc3ccccc23)C1. The Kier molecular flexibility index (Phi) is 4.84. The molecule has 3 rings (SSSR count). The maximum atomic E-state index is 11.8. The highest BCUT2D eigenvalue weighted by molar-refractivity contribution is 5.88. The van der Waals surface area contributed by atoms with Gasteiger partial charge in [0.05, 0.1) is 6.61 Å². The average Bonchev–Trinajstić information content (AvgIpc) is 3.07. The number of likely N-dealkylation sites (tertiary alicyclic amines) is 1. The molecule has 2 aromatic rings. The zero-order chi connectivity index (χ0) is 16.9. The highest BCUT2D eigenvalue weighted by Gasteiger charge is 2.28. The fourth-order valence-electron chi connectivity index (χ4n) is 2.89. The van der Waals surface area contributed by atoms with Gasteiger partial charge in [0.1, 0.15) is 5.75 Å². The molecule has 0 bridgehead atoms. The number of primary amides is 1. The number of nitrogens with two attached hydrogens (primary N) is 1. The maximum Gasteiger partial charge on any atom is 0.410 e. The van der Waals surface area contributed by atoms with Crippen molar-refractivity contribution in [3.63, 3.8) is 0 Å². The number of amides is 2. The highest BCUT2D eigenvalue weighted by atomic mass is 16.6. The number of benzene rings is 2. The van der Waals surface area contributed by atoms with Crippen molar-refractivity contribution in [2.75, 3.05) is 26.3 Å². The van der Waals surface area contributed by atoms with Crippen LogP contribution in [0.4, 0.5) is 4.79 Å². The average molecular weight is 328 g/mol. The molecule has 126 valence electrons. The van der Waals surface area contributed by atoms with Crippen LogP contribution in [0, 0.1) is 5.92 Å². The second kappa shape index (κ2) is 7.21. The lowest BCUT2D eigenvalue weighted by Crippen LogP contribution is -2.32. The lowest BCUT2D eigenvalue weighted by atomic mass is 10.1. The van der Waals surface area contributed by atoms with Gasteiger partial charge >= 0.3 is 6.09 Å². The van der Waals surface area contributed by atoms with Crippen LogP contribution in [0.25, 0.3) is 10.8 Å². The fourth-order valence-corrected chi connectivity index (χ4v) is 2.89. The number of nitrogens with zero attached hydrogens (tertiary/aromatic N) is 1. The molecule has 24 heavy (non-hydrogen) atoms. The van der Waals surface area contributed by atoms with E-state index in [0.717, 1.165) is 22.9 Å². The zero-order valence-electron chi connectivity index (χ0n) is 13.3. The molecule has 0 radical (unpaired) electrons. The molecule has 0 aromatic heterocycles. The Hall–Kier alpha value is -2.76. The number of hydrogen-bond acceptors (Lipinski definition) is 4. The van der Waals surface area contributed by atoms with Gasteiger partial charge in [-0.2, -0.15) is 0 Å². The molecule has 1 atom stereocenters. The van der Waals surface area contributed by atoms with Crippen molar-refractivity contribution in [3.8, 4) is 5.75 Å². The van der Waals surface area contributed by atoms with Crippen molar-refractivity contribution >= 4 is 22.8 Å². The van der Waals surface area contributed by atoms with Crippen molar-refractivity contribution in [1.82, 2.24) is 4.90 Å². The first-order valence-corrected chi connectivity index (χ1v) is 7.94. The molecule has 1 unspecified atom stereocenters. The van der Waals surface area contributed by atoms with Crippen LogP contribution in [0.15, 0.2) is 42.5 Å². The predicted octanol–water partition coefficient (Wildman–Crippen LogP) is 2.16. The van der Waals surface area contributed by atoms with E-state index in [1.54, 1.807) is 4.90 Å². The summed E-state index contributed by atoms with van der Waals surface area (Å²) in [6, 6.07) is 14.0. The van der Waals surface area contributed by atoms with Gasteiger partial charge in [0.25, 0.3) is 5.91 Å². The van der Waals surface area contributed by atoms with E-state index in [0.29, 0.717) is 19.7 Å². The zero-order valence-corrected chi connectivity index (χ0v) is 13.3. The van der Waals surface area contributed by atoms with Crippen LogP contribution in [-0.2, 0) is 9.53 Å². The van der Waals surface area contributed by atoms with Gasteiger partial charge in [-0.05, 0) is 17.9 Å². The molecular formula is C18H20N2O4. The summed E-state index contributed by atoms with van der Waals surface area (Å²) in [5.74, 6) is 0.436. The summed E-state index contributed by atoms with van der Waals surface area (Å²) in [5, 5.41) is 2.22. The van der Waals surface area contributed by atoms with Gasteiger partial charge in [0.15, 0.2) is 6.61 Å². The van der Waals surface area contributed by atoms with E-state index in [1.165, 1.54) is 0 Å². The lowest BCUT2D eigenvalue weighted by Gasteiger charge is -2.16. The largest absolute Gasteiger partial charge is 0.493 e. The molecule has 2 N–H and O–H groups in total. The van der Waals surface area contributed by atoms with Crippen molar-refractivity contribution < 1.29 is 19.1 Å². The van der Waals surface area contributed by atoms with Crippen molar-refractivity contribution in [2.24, 2.45) is 11.7 Å². The van der Waals surface area contributed by atoms with Crippen LogP contribution in [0.2, 0.25) is 0 Å². The van der Waals surface area contributed by atoms with Gasteiger partial charge in [0.2, 0.25) is 0 Å². The van der Waals surface area contributed by atoms with Gasteiger partial charge in [-0.25, -0.2) is 4.79 Å². The van der Waals surface area contributed by atoms with Gasteiger partial charge in [0, 0.05) is 24.4 Å². The number of rotatable bonds is 5. The molecule has 1 fully saturated rings. The van der Waals surface area contributed by atoms with Crippen LogP contribution in [0.5, 0.6) is 5.75 Å². The monoisotopic (exact) mass is 328 g/mol. The van der Waals surface area contributed by atoms with Crippen LogP contribution in [-0.4, -0.2) is 43.2 Å². The molecule has 1 aliphatic rings. The van der Waals surface area contributed by atoms with Crippen molar-refractivity contribution in [1.29, 1.82) is 0 Å². The van der Waals surface area contributed by atoms with Crippen LogP contribution >= 0.6 is 0 Å². The van der Waals surface area contributed by atoms with E-state index >= 15 is 0 Å².